The highest BCUT2D eigenvalue weighted by molar-refractivity contribution is 5.97. The van der Waals surface area contributed by atoms with Gasteiger partial charge in [-0.3, -0.25) is 19.4 Å². The number of unbranched alkanes of at least 4 members (excludes halogenated alkanes) is 2. The predicted octanol–water partition coefficient (Wildman–Crippen LogP) is 3.95. The van der Waals surface area contributed by atoms with Gasteiger partial charge in [0.2, 0.25) is 5.91 Å². The van der Waals surface area contributed by atoms with Crippen LogP contribution in [-0.2, 0) is 16.0 Å². The van der Waals surface area contributed by atoms with E-state index in [1.54, 1.807) is 18.3 Å². The number of nitrogens with zero attached hydrogens (tertiary/aromatic N) is 1. The van der Waals surface area contributed by atoms with Crippen LogP contribution in [0.25, 0.3) is 10.9 Å². The lowest BCUT2D eigenvalue weighted by Crippen LogP contribution is -2.47. The summed E-state index contributed by atoms with van der Waals surface area (Å²) in [6.45, 7) is 2.35. The fraction of sp³-hybridized carbons (Fsp3) is 0.385. The highest BCUT2D eigenvalue weighted by Crippen LogP contribution is 2.17. The van der Waals surface area contributed by atoms with Crippen LogP contribution in [0.2, 0.25) is 0 Å². The fourth-order valence-corrected chi connectivity index (χ4v) is 3.81. The maximum Gasteiger partial charge on any atom is 0.253 e. The third kappa shape index (κ3) is 7.27. The number of H-pyrrole nitrogens is 1. The van der Waals surface area contributed by atoms with Crippen molar-refractivity contribution in [1.29, 1.82) is 0 Å². The molecule has 0 radical (unpaired) electrons. The van der Waals surface area contributed by atoms with Crippen molar-refractivity contribution < 1.29 is 14.4 Å². The van der Waals surface area contributed by atoms with Crippen molar-refractivity contribution in [3.63, 3.8) is 0 Å². The largest absolute Gasteiger partial charge is 0.361 e. The second-order valence-corrected chi connectivity index (χ2v) is 8.16. The van der Waals surface area contributed by atoms with Gasteiger partial charge in [0.05, 0.1) is 5.56 Å². The Morgan fingerprint density at radius 2 is 1.91 bits per heavy atom. The van der Waals surface area contributed by atoms with Gasteiger partial charge in [0.15, 0.2) is 0 Å². The van der Waals surface area contributed by atoms with Crippen LogP contribution in [0.5, 0.6) is 0 Å². The molecule has 2 aromatic heterocycles. The number of rotatable bonds is 13. The summed E-state index contributed by atoms with van der Waals surface area (Å²) in [5, 5.41) is 6.97. The molecule has 2 amide bonds. The summed E-state index contributed by atoms with van der Waals surface area (Å²) in [4.78, 5) is 44.2. The molecule has 1 aromatic carbocycles. The van der Waals surface area contributed by atoms with E-state index in [0.29, 0.717) is 37.8 Å². The lowest BCUT2D eigenvalue weighted by Gasteiger charge is -2.18. The number of carbonyl (C=O) groups excluding carboxylic acids is 3. The van der Waals surface area contributed by atoms with Crippen molar-refractivity contribution in [2.75, 3.05) is 6.54 Å². The molecule has 7 heteroatoms. The molecule has 33 heavy (non-hydrogen) atoms. The van der Waals surface area contributed by atoms with Crippen LogP contribution < -0.4 is 10.6 Å². The van der Waals surface area contributed by atoms with Crippen molar-refractivity contribution in [2.45, 2.75) is 57.9 Å². The number of para-hydroxylation sites is 1. The first-order chi connectivity index (χ1) is 16.1. The summed E-state index contributed by atoms with van der Waals surface area (Å²) in [6, 6.07) is 10.8. The Hall–Kier alpha value is -3.48. The number of fused-ring (bicyclic) bond motifs is 1. The summed E-state index contributed by atoms with van der Waals surface area (Å²) in [5.74, 6) is -0.260. The number of amides is 2. The summed E-state index contributed by atoms with van der Waals surface area (Å²) in [7, 11) is 0. The van der Waals surface area contributed by atoms with Gasteiger partial charge in [-0.25, -0.2) is 0 Å². The maximum absolute atomic E-state index is 12.9. The summed E-state index contributed by atoms with van der Waals surface area (Å²) in [5.41, 5.74) is 2.63. The molecule has 0 aliphatic rings. The fourth-order valence-electron chi connectivity index (χ4n) is 3.81. The SMILES string of the molecule is CCC(=O)CCCCC[C@H](NC(=O)c1cccnc1)C(=O)NCCc1c[nH]c2ccccc12. The number of carbonyl (C=O) groups is 3. The minimum atomic E-state index is -0.637. The van der Waals surface area contributed by atoms with Crippen molar-refractivity contribution in [2.24, 2.45) is 0 Å². The molecular formula is C26H32N4O3. The van der Waals surface area contributed by atoms with Crippen LogP contribution in [0.4, 0.5) is 0 Å². The Morgan fingerprint density at radius 3 is 2.70 bits per heavy atom. The van der Waals surface area contributed by atoms with Crippen molar-refractivity contribution in [3.05, 3.63) is 66.1 Å². The van der Waals surface area contributed by atoms with Crippen LogP contribution in [-0.4, -0.2) is 40.2 Å². The number of nitrogens with one attached hydrogen (secondary N) is 3. The minimum absolute atomic E-state index is 0.197. The van der Waals surface area contributed by atoms with E-state index in [-0.39, 0.29) is 17.6 Å². The van der Waals surface area contributed by atoms with E-state index in [2.05, 4.69) is 26.7 Å². The van der Waals surface area contributed by atoms with Gasteiger partial charge in [-0.1, -0.05) is 38.0 Å². The van der Waals surface area contributed by atoms with E-state index in [9.17, 15) is 14.4 Å². The zero-order valence-electron chi connectivity index (χ0n) is 19.1. The first-order valence-electron chi connectivity index (χ1n) is 11.6. The number of pyridine rings is 1. The average Bonchev–Trinajstić information content (AvgIpc) is 3.26. The second kappa shape index (κ2) is 12.5. The van der Waals surface area contributed by atoms with Gasteiger partial charge in [-0.15, -0.1) is 0 Å². The first-order valence-corrected chi connectivity index (χ1v) is 11.6. The molecule has 3 rings (SSSR count). The highest BCUT2D eigenvalue weighted by Gasteiger charge is 2.21. The molecule has 0 aliphatic carbocycles. The number of ketones is 1. The van der Waals surface area contributed by atoms with Crippen molar-refractivity contribution >= 4 is 28.5 Å². The minimum Gasteiger partial charge on any atom is -0.361 e. The Bertz CT molecular complexity index is 1060. The molecule has 0 bridgehead atoms. The monoisotopic (exact) mass is 448 g/mol. The summed E-state index contributed by atoms with van der Waals surface area (Å²) < 4.78 is 0. The van der Waals surface area contributed by atoms with Gasteiger partial charge >= 0.3 is 0 Å². The normalized spacial score (nSPS) is 11.8. The summed E-state index contributed by atoms with van der Waals surface area (Å²) in [6.07, 6.45) is 9.79. The van der Waals surface area contributed by atoms with Crippen molar-refractivity contribution in [3.8, 4) is 0 Å². The molecule has 2 heterocycles. The highest BCUT2D eigenvalue weighted by atomic mass is 16.2. The quantitative estimate of drug-likeness (QED) is 0.344. The van der Waals surface area contributed by atoms with E-state index >= 15 is 0 Å². The standard InChI is InChI=1S/C26H32N4O3/c1-2-21(31)10-4-3-5-13-24(30-25(32)20-9-8-15-27-17-20)26(33)28-16-14-19-18-29-23-12-7-6-11-22(19)23/h6-9,11-12,15,17-18,24,29H,2-5,10,13-14,16H2,1H3,(H,28,33)(H,30,32)/t24-/m0/s1. The lowest BCUT2D eigenvalue weighted by atomic mass is 10.0. The second-order valence-electron chi connectivity index (χ2n) is 8.16. The Balaban J connectivity index is 1.54. The predicted molar refractivity (Wildman–Crippen MR) is 129 cm³/mol. The number of aromatic nitrogens is 2. The first kappa shape index (κ1) is 24.2. The molecule has 0 aliphatic heterocycles. The molecule has 0 spiro atoms. The number of hydrogen-bond donors (Lipinski definition) is 3. The van der Waals surface area contributed by atoms with E-state index in [1.807, 2.05) is 31.3 Å². The lowest BCUT2D eigenvalue weighted by molar-refractivity contribution is -0.123. The van der Waals surface area contributed by atoms with Crippen LogP contribution >= 0.6 is 0 Å². The average molecular weight is 449 g/mol. The zero-order chi connectivity index (χ0) is 23.5. The van der Waals surface area contributed by atoms with E-state index in [4.69, 9.17) is 0 Å². The smallest absolute Gasteiger partial charge is 0.253 e. The van der Waals surface area contributed by atoms with Gasteiger partial charge in [-0.05, 0) is 43.0 Å². The van der Waals surface area contributed by atoms with E-state index in [1.165, 1.54) is 6.20 Å². The maximum atomic E-state index is 12.9. The van der Waals surface area contributed by atoms with Gasteiger partial charge in [0, 0.05) is 48.9 Å². The van der Waals surface area contributed by atoms with Crippen molar-refractivity contribution in [1.82, 2.24) is 20.6 Å². The molecule has 0 saturated heterocycles. The van der Waals surface area contributed by atoms with Gasteiger partial charge in [-0.2, -0.15) is 0 Å². The molecule has 0 unspecified atom stereocenters. The van der Waals surface area contributed by atoms with Gasteiger partial charge < -0.3 is 15.6 Å². The molecule has 1 atom stereocenters. The molecule has 7 nitrogen and oxygen atoms in total. The number of benzene rings is 1. The van der Waals surface area contributed by atoms with Crippen LogP contribution in [0.1, 0.15) is 61.4 Å². The molecule has 0 saturated carbocycles. The van der Waals surface area contributed by atoms with E-state index in [0.717, 1.165) is 35.7 Å². The Kier molecular flexibility index (Phi) is 9.18. The topological polar surface area (TPSA) is 104 Å². The van der Waals surface area contributed by atoms with Crippen LogP contribution in [0.3, 0.4) is 0 Å². The third-order valence-electron chi connectivity index (χ3n) is 5.76. The third-order valence-corrected chi connectivity index (χ3v) is 5.76. The molecule has 174 valence electrons. The van der Waals surface area contributed by atoms with Crippen LogP contribution in [0.15, 0.2) is 55.0 Å². The zero-order valence-corrected chi connectivity index (χ0v) is 19.1. The molecule has 0 fully saturated rings. The number of hydrogen-bond acceptors (Lipinski definition) is 4. The molecular weight excluding hydrogens is 416 g/mol. The van der Waals surface area contributed by atoms with Gasteiger partial charge in [0.25, 0.3) is 5.91 Å². The van der Waals surface area contributed by atoms with E-state index < -0.39 is 6.04 Å². The molecule has 3 N–H and O–H groups in total. The Labute approximate surface area is 194 Å². The summed E-state index contributed by atoms with van der Waals surface area (Å²) >= 11 is 0. The molecule has 3 aromatic rings. The number of Topliss-reactive ketones (excluding diaryl/α,β-unsaturated/α-hetero) is 1. The van der Waals surface area contributed by atoms with Gasteiger partial charge in [0.1, 0.15) is 11.8 Å². The Morgan fingerprint density at radius 1 is 1.06 bits per heavy atom. The van der Waals surface area contributed by atoms with Crippen LogP contribution in [0, 0.1) is 0 Å². The number of aromatic amines is 1.